The molecule has 0 bridgehead atoms. The van der Waals surface area contributed by atoms with Crippen molar-refractivity contribution in [2.75, 3.05) is 19.6 Å². The molecule has 0 atom stereocenters. The third-order valence-corrected chi connectivity index (χ3v) is 5.76. The summed E-state index contributed by atoms with van der Waals surface area (Å²) in [4.78, 5) is 53.8. The van der Waals surface area contributed by atoms with Crippen molar-refractivity contribution in [2.45, 2.75) is 65.3 Å². The van der Waals surface area contributed by atoms with E-state index in [0.717, 1.165) is 43.4 Å². The van der Waals surface area contributed by atoms with Gasteiger partial charge in [-0.25, -0.2) is 4.79 Å². The molecule has 0 spiro atoms. The monoisotopic (exact) mass is 363 g/mol. The van der Waals surface area contributed by atoms with Gasteiger partial charge in [-0.3, -0.25) is 24.2 Å². The third-order valence-electron chi connectivity index (χ3n) is 5.76. The first-order valence-electron chi connectivity index (χ1n) is 9.68. The van der Waals surface area contributed by atoms with E-state index in [1.54, 1.807) is 0 Å². The minimum absolute atomic E-state index is 0.116. The van der Waals surface area contributed by atoms with Crippen molar-refractivity contribution in [3.8, 4) is 0 Å². The van der Waals surface area contributed by atoms with Crippen LogP contribution in [0.3, 0.4) is 0 Å². The highest BCUT2D eigenvalue weighted by Crippen LogP contribution is 2.30. The van der Waals surface area contributed by atoms with Gasteiger partial charge in [-0.2, -0.15) is 0 Å². The summed E-state index contributed by atoms with van der Waals surface area (Å²) in [7, 11) is 0. The van der Waals surface area contributed by atoms with Crippen molar-refractivity contribution >= 4 is 23.8 Å². The van der Waals surface area contributed by atoms with Gasteiger partial charge in [0, 0.05) is 31.1 Å². The number of imide groups is 2. The van der Waals surface area contributed by atoms with Crippen LogP contribution in [0.2, 0.25) is 0 Å². The minimum atomic E-state index is -0.685. The Morgan fingerprint density at radius 1 is 0.962 bits per heavy atom. The van der Waals surface area contributed by atoms with Gasteiger partial charge < -0.3 is 4.90 Å². The van der Waals surface area contributed by atoms with E-state index in [2.05, 4.69) is 0 Å². The number of hydrogen-bond acceptors (Lipinski definition) is 4. The fraction of sp³-hybridized carbons (Fsp3) is 0.789. The van der Waals surface area contributed by atoms with Crippen LogP contribution >= 0.6 is 0 Å². The number of urea groups is 1. The van der Waals surface area contributed by atoms with Crippen LogP contribution in [-0.4, -0.2) is 64.1 Å². The molecule has 0 N–H and O–H groups in total. The second-order valence-corrected chi connectivity index (χ2v) is 8.80. The Balaban J connectivity index is 1.58. The lowest BCUT2D eigenvalue weighted by molar-refractivity contribution is -0.144. The number of carbonyl (C=O) groups is 4. The van der Waals surface area contributed by atoms with E-state index in [1.165, 1.54) is 4.90 Å². The molecule has 3 fully saturated rings. The van der Waals surface area contributed by atoms with Gasteiger partial charge >= 0.3 is 17.8 Å². The van der Waals surface area contributed by atoms with E-state index in [4.69, 9.17) is 0 Å². The first kappa shape index (κ1) is 18.9. The molecule has 2 saturated heterocycles. The molecular weight excluding hydrogens is 334 g/mol. The summed E-state index contributed by atoms with van der Waals surface area (Å²) >= 11 is 0. The summed E-state index contributed by atoms with van der Waals surface area (Å²) in [6, 6.07) is -0.560. The minimum Gasteiger partial charge on any atom is -0.342 e. The highest BCUT2D eigenvalue weighted by Gasteiger charge is 2.48. The molecule has 5 amide bonds. The van der Waals surface area contributed by atoms with Gasteiger partial charge in [0.05, 0.1) is 0 Å². The van der Waals surface area contributed by atoms with Crippen molar-refractivity contribution in [3.63, 3.8) is 0 Å². The molecule has 26 heavy (non-hydrogen) atoms. The van der Waals surface area contributed by atoms with E-state index >= 15 is 0 Å². The average molecular weight is 363 g/mol. The molecule has 0 radical (unpaired) electrons. The lowest BCUT2D eigenvalue weighted by atomic mass is 9.91. The van der Waals surface area contributed by atoms with Crippen LogP contribution in [0.4, 0.5) is 4.79 Å². The van der Waals surface area contributed by atoms with Crippen LogP contribution in [0.1, 0.15) is 59.3 Å². The maximum atomic E-state index is 12.6. The maximum Gasteiger partial charge on any atom is 0.334 e. The van der Waals surface area contributed by atoms with Crippen molar-refractivity contribution in [3.05, 3.63) is 0 Å². The normalized spacial score (nSPS) is 23.5. The fourth-order valence-electron chi connectivity index (χ4n) is 4.22. The molecule has 0 aromatic heterocycles. The summed E-state index contributed by atoms with van der Waals surface area (Å²) in [5.41, 5.74) is -0.401. The average Bonchev–Trinajstić information content (AvgIpc) is 3.18. The van der Waals surface area contributed by atoms with E-state index in [1.807, 2.05) is 25.7 Å². The quantitative estimate of drug-likeness (QED) is 0.568. The van der Waals surface area contributed by atoms with Crippen LogP contribution in [-0.2, 0) is 14.4 Å². The summed E-state index contributed by atoms with van der Waals surface area (Å²) in [5, 5.41) is 0. The van der Waals surface area contributed by atoms with Gasteiger partial charge in [-0.15, -0.1) is 0 Å². The largest absolute Gasteiger partial charge is 0.342 e. The Labute approximate surface area is 154 Å². The van der Waals surface area contributed by atoms with Crippen LogP contribution in [0, 0.1) is 11.3 Å². The summed E-state index contributed by atoms with van der Waals surface area (Å²) in [6.45, 7) is 7.28. The van der Waals surface area contributed by atoms with Crippen molar-refractivity contribution in [1.82, 2.24) is 14.7 Å². The van der Waals surface area contributed by atoms with E-state index in [9.17, 15) is 19.2 Å². The first-order chi connectivity index (χ1) is 12.2. The Bertz CT molecular complexity index is 611. The molecule has 0 unspecified atom stereocenters. The number of piperidine rings is 1. The van der Waals surface area contributed by atoms with Crippen LogP contribution in [0.15, 0.2) is 0 Å². The second-order valence-electron chi connectivity index (χ2n) is 8.80. The molecule has 1 saturated carbocycles. The molecular formula is C19H29N3O4. The smallest absolute Gasteiger partial charge is 0.334 e. The standard InChI is InChI=1S/C19H29N3O4/c1-19(2,3)17(25)20-10-8-13(9-11-20)12-21-15(23)16(24)22(18(21)26)14-6-4-5-7-14/h13-14H,4-12H2,1-3H3. The molecule has 3 aliphatic rings. The third kappa shape index (κ3) is 3.48. The molecule has 7 nitrogen and oxygen atoms in total. The first-order valence-corrected chi connectivity index (χ1v) is 9.68. The van der Waals surface area contributed by atoms with Crippen molar-refractivity contribution in [1.29, 1.82) is 0 Å². The molecule has 1 aliphatic carbocycles. The lowest BCUT2D eigenvalue weighted by Gasteiger charge is -2.36. The maximum absolute atomic E-state index is 12.6. The van der Waals surface area contributed by atoms with Crippen LogP contribution < -0.4 is 0 Å². The number of amides is 5. The number of rotatable bonds is 3. The van der Waals surface area contributed by atoms with Gasteiger partial charge in [-0.1, -0.05) is 33.6 Å². The highest BCUT2D eigenvalue weighted by molar-refractivity contribution is 6.44. The topological polar surface area (TPSA) is 78.0 Å². The van der Waals surface area contributed by atoms with Crippen LogP contribution in [0.5, 0.6) is 0 Å². The van der Waals surface area contributed by atoms with Gasteiger partial charge in [0.1, 0.15) is 0 Å². The number of nitrogens with zero attached hydrogens (tertiary/aromatic N) is 3. The van der Waals surface area contributed by atoms with Gasteiger partial charge in [0.15, 0.2) is 0 Å². The number of hydrogen-bond donors (Lipinski definition) is 0. The Morgan fingerprint density at radius 2 is 1.54 bits per heavy atom. The number of carbonyl (C=O) groups excluding carboxylic acids is 4. The Hall–Kier alpha value is -1.92. The molecule has 2 aliphatic heterocycles. The van der Waals surface area contributed by atoms with E-state index < -0.39 is 23.3 Å². The predicted octanol–water partition coefficient (Wildman–Crippen LogP) is 2.00. The highest BCUT2D eigenvalue weighted by atomic mass is 16.2. The number of likely N-dealkylation sites (tertiary alicyclic amines) is 1. The SMILES string of the molecule is CC(C)(C)C(=O)N1CCC(CN2C(=O)C(=O)N(C3CCCC3)C2=O)CC1. The molecule has 0 aromatic rings. The predicted molar refractivity (Wildman–Crippen MR) is 95.0 cm³/mol. The van der Waals surface area contributed by atoms with Gasteiger partial charge in [-0.05, 0) is 31.6 Å². The molecule has 3 rings (SSSR count). The zero-order valence-electron chi connectivity index (χ0n) is 16.0. The molecule has 7 heteroatoms. The lowest BCUT2D eigenvalue weighted by Crippen LogP contribution is -2.46. The summed E-state index contributed by atoms with van der Waals surface area (Å²) < 4.78 is 0. The zero-order chi connectivity index (χ0) is 19.1. The van der Waals surface area contributed by atoms with Gasteiger partial charge in [0.25, 0.3) is 0 Å². The molecule has 144 valence electrons. The van der Waals surface area contributed by atoms with Crippen LogP contribution in [0.25, 0.3) is 0 Å². The Kier molecular flexibility index (Phi) is 5.08. The molecule has 2 heterocycles. The van der Waals surface area contributed by atoms with Crippen molar-refractivity contribution in [2.24, 2.45) is 11.3 Å². The summed E-state index contributed by atoms with van der Waals surface area (Å²) in [5.74, 6) is -1.08. The van der Waals surface area contributed by atoms with Gasteiger partial charge in [0.2, 0.25) is 5.91 Å². The Morgan fingerprint density at radius 3 is 2.08 bits per heavy atom. The zero-order valence-corrected chi connectivity index (χ0v) is 16.0. The summed E-state index contributed by atoms with van der Waals surface area (Å²) in [6.07, 6.45) is 5.08. The van der Waals surface area contributed by atoms with E-state index in [0.29, 0.717) is 13.1 Å². The van der Waals surface area contributed by atoms with E-state index in [-0.39, 0.29) is 24.4 Å². The molecule has 0 aromatic carbocycles. The second kappa shape index (κ2) is 7.00. The van der Waals surface area contributed by atoms with Crippen molar-refractivity contribution < 1.29 is 19.2 Å². The fourth-order valence-corrected chi connectivity index (χ4v) is 4.22.